The quantitative estimate of drug-likeness (QED) is 0.0202. The number of esters is 1. The average molecular weight is 956 g/mol. The zero-order chi connectivity index (χ0) is 48.2. The van der Waals surface area contributed by atoms with Crippen molar-refractivity contribution in [2.75, 3.05) is 18.4 Å². The number of rotatable bonds is 16. The van der Waals surface area contributed by atoms with Crippen molar-refractivity contribution in [3.05, 3.63) is 34.5 Å². The predicted octanol–water partition coefficient (Wildman–Crippen LogP) is 2.92. The van der Waals surface area contributed by atoms with Crippen LogP contribution in [0.15, 0.2) is 29.1 Å². The van der Waals surface area contributed by atoms with E-state index in [9.17, 15) is 41.7 Å². The molecule has 0 aliphatic carbocycles. The molecule has 5 amide bonds. The fourth-order valence-corrected chi connectivity index (χ4v) is 7.81. The van der Waals surface area contributed by atoms with Gasteiger partial charge in [-0.25, -0.2) is 28.7 Å². The Morgan fingerprint density at radius 2 is 1.56 bits per heavy atom. The van der Waals surface area contributed by atoms with Gasteiger partial charge >= 0.3 is 28.5 Å². The van der Waals surface area contributed by atoms with Crippen molar-refractivity contribution in [2.45, 2.75) is 124 Å². The van der Waals surface area contributed by atoms with Gasteiger partial charge < -0.3 is 35.0 Å². The summed E-state index contributed by atoms with van der Waals surface area (Å²) in [6.45, 7) is 18.2. The van der Waals surface area contributed by atoms with Crippen LogP contribution in [0.2, 0.25) is 0 Å². The molecule has 0 aromatic carbocycles. The van der Waals surface area contributed by atoms with Crippen LogP contribution in [-0.4, -0.2) is 121 Å². The molecule has 1 aliphatic heterocycles. The van der Waals surface area contributed by atoms with Gasteiger partial charge in [-0.05, 0) is 82.6 Å². The average Bonchev–Trinajstić information content (AvgIpc) is 3.88. The Bertz CT molecular complexity index is 2390. The third-order valence-corrected chi connectivity index (χ3v) is 11.0. The Morgan fingerprint density at radius 3 is 2.17 bits per heavy atom. The minimum Gasteiger partial charge on any atom is -0.457 e. The molecule has 3 aromatic heterocycles. The lowest BCUT2D eigenvalue weighted by atomic mass is 9.98. The lowest BCUT2D eigenvalue weighted by molar-refractivity contribution is -0.753. The van der Waals surface area contributed by atoms with Crippen molar-refractivity contribution in [1.29, 1.82) is 0 Å². The number of amides is 5. The normalized spacial score (nSPS) is 16.0. The maximum absolute atomic E-state index is 13.9. The number of β-lactam (4-membered cyclic amide) rings is 1. The van der Waals surface area contributed by atoms with Crippen molar-refractivity contribution in [3.63, 3.8) is 0 Å². The standard InChI is InChI=1S/C38H54N10O13S3/c1-35(2,3)58-31(52)38(10,11)61-45-25(22-20-62-32(42-22)44-34(54)60-37(7,8)9)28(50)43-26-23(48(30(26)51)64(55,56)57)16-40-27(49)24-17-41-29(63-24)21-18-46(12)47(19-21)15-13-14-39-33(53)59-36(4,5)6/h17-20,23,26H,13-16H2,1-12H3,(H4-,39,40,42,43,44,49,50,53,54,55,56,57)/p+1/b45-25-/t23-,26+/m1/s1. The van der Waals surface area contributed by atoms with Crippen LogP contribution in [0.25, 0.3) is 10.6 Å². The van der Waals surface area contributed by atoms with E-state index >= 15 is 0 Å². The van der Waals surface area contributed by atoms with Crippen molar-refractivity contribution in [1.82, 2.24) is 34.9 Å². The Labute approximate surface area is 378 Å². The second-order valence-electron chi connectivity index (χ2n) is 17.8. The van der Waals surface area contributed by atoms with E-state index in [1.807, 2.05) is 22.6 Å². The first kappa shape index (κ1) is 50.9. The zero-order valence-electron chi connectivity index (χ0n) is 37.5. The van der Waals surface area contributed by atoms with Gasteiger partial charge in [0.05, 0.1) is 30.5 Å². The fraction of sp³-hybridized carbons (Fsp3) is 0.579. The first-order valence-corrected chi connectivity index (χ1v) is 22.8. The number of carbonyl (C=O) groups is 6. The number of hydrogen-bond donors (Lipinski definition) is 5. The van der Waals surface area contributed by atoms with Gasteiger partial charge in [0.25, 0.3) is 17.7 Å². The second-order valence-corrected chi connectivity index (χ2v) is 21.0. The van der Waals surface area contributed by atoms with E-state index in [4.69, 9.17) is 19.0 Å². The molecule has 3 aromatic rings. The molecule has 2 atom stereocenters. The van der Waals surface area contributed by atoms with Gasteiger partial charge in [-0.1, -0.05) is 5.16 Å². The van der Waals surface area contributed by atoms with Crippen molar-refractivity contribution in [2.24, 2.45) is 12.2 Å². The molecule has 0 saturated carbocycles. The summed E-state index contributed by atoms with van der Waals surface area (Å²) in [5.74, 6) is -3.93. The van der Waals surface area contributed by atoms with Crippen LogP contribution in [0.5, 0.6) is 0 Å². The largest absolute Gasteiger partial charge is 0.457 e. The maximum Gasteiger partial charge on any atom is 0.413 e. The molecule has 0 spiro atoms. The van der Waals surface area contributed by atoms with Gasteiger partial charge in [-0.3, -0.25) is 24.3 Å². The van der Waals surface area contributed by atoms with Crippen LogP contribution in [0, 0.1) is 0 Å². The van der Waals surface area contributed by atoms with E-state index in [0.29, 0.717) is 30.1 Å². The Morgan fingerprint density at radius 1 is 0.938 bits per heavy atom. The highest BCUT2D eigenvalue weighted by molar-refractivity contribution is 7.84. The van der Waals surface area contributed by atoms with Crippen molar-refractivity contribution in [3.8, 4) is 10.6 Å². The van der Waals surface area contributed by atoms with Crippen LogP contribution in [0.3, 0.4) is 0 Å². The van der Waals surface area contributed by atoms with E-state index in [2.05, 4.69) is 36.4 Å². The number of nitrogens with one attached hydrogen (secondary N) is 4. The number of thiazole rings is 2. The molecule has 0 unspecified atom stereocenters. The summed E-state index contributed by atoms with van der Waals surface area (Å²) in [7, 11) is -3.36. The molecule has 23 nitrogen and oxygen atoms in total. The van der Waals surface area contributed by atoms with Crippen LogP contribution >= 0.6 is 22.7 Å². The fourth-order valence-electron chi connectivity index (χ4n) is 5.44. The number of aromatic nitrogens is 4. The molecule has 1 aliphatic rings. The summed E-state index contributed by atoms with van der Waals surface area (Å²) < 4.78 is 54.2. The number of nitrogens with zero attached hydrogens (tertiary/aromatic N) is 6. The third kappa shape index (κ3) is 14.4. The van der Waals surface area contributed by atoms with E-state index in [1.165, 1.54) is 25.4 Å². The van der Waals surface area contributed by atoms with Crippen LogP contribution < -0.4 is 25.9 Å². The smallest absolute Gasteiger partial charge is 0.413 e. The molecule has 26 heteroatoms. The maximum atomic E-state index is 13.9. The monoisotopic (exact) mass is 955 g/mol. The molecule has 4 rings (SSSR count). The van der Waals surface area contributed by atoms with Gasteiger partial charge in [0.15, 0.2) is 17.9 Å². The zero-order valence-corrected chi connectivity index (χ0v) is 40.0. The molecule has 1 saturated heterocycles. The topological polar surface area (TPSA) is 292 Å². The summed E-state index contributed by atoms with van der Waals surface area (Å²) in [5, 5.41) is 15.7. The van der Waals surface area contributed by atoms with Crippen LogP contribution in [0.4, 0.5) is 14.7 Å². The highest BCUT2D eigenvalue weighted by Crippen LogP contribution is 2.27. The van der Waals surface area contributed by atoms with E-state index in [-0.39, 0.29) is 20.0 Å². The molecule has 64 heavy (non-hydrogen) atoms. The van der Waals surface area contributed by atoms with Gasteiger partial charge in [0, 0.05) is 18.5 Å². The lowest BCUT2D eigenvalue weighted by Crippen LogP contribution is -2.74. The summed E-state index contributed by atoms with van der Waals surface area (Å²) >= 11 is 1.90. The summed E-state index contributed by atoms with van der Waals surface area (Å²) in [5.41, 5.74) is -4.27. The van der Waals surface area contributed by atoms with Gasteiger partial charge in [0.1, 0.15) is 38.4 Å². The highest BCUT2D eigenvalue weighted by Gasteiger charge is 2.54. The van der Waals surface area contributed by atoms with E-state index < -0.39 is 92.9 Å². The van der Waals surface area contributed by atoms with Gasteiger partial charge in [-0.15, -0.1) is 27.4 Å². The van der Waals surface area contributed by atoms with Crippen LogP contribution in [-0.2, 0) is 57.3 Å². The number of hydrogen-bond acceptors (Lipinski definition) is 17. The summed E-state index contributed by atoms with van der Waals surface area (Å²) in [4.78, 5) is 91.9. The van der Waals surface area contributed by atoms with E-state index in [1.54, 1.807) is 68.5 Å². The molecular weight excluding hydrogens is 901 g/mol. The third-order valence-electron chi connectivity index (χ3n) is 8.23. The Hall–Kier alpha value is -5.73. The summed E-state index contributed by atoms with van der Waals surface area (Å²) in [6.07, 6.45) is 4.14. The molecule has 4 heterocycles. The number of ether oxygens (including phenoxy) is 3. The predicted molar refractivity (Wildman–Crippen MR) is 232 cm³/mol. The number of aryl methyl sites for hydroxylation is 2. The molecule has 5 N–H and O–H groups in total. The van der Waals surface area contributed by atoms with Gasteiger partial charge in [-0.2, -0.15) is 13.1 Å². The number of oxime groups is 1. The van der Waals surface area contributed by atoms with Crippen molar-refractivity contribution < 1.29 is 65.5 Å². The molecule has 0 radical (unpaired) electrons. The first-order valence-electron chi connectivity index (χ1n) is 19.7. The van der Waals surface area contributed by atoms with Gasteiger partial charge in [0.2, 0.25) is 11.8 Å². The SMILES string of the molecule is C[n+]1cc(-c2ncc(C(=O)NC[C@@H]3[C@H](NC(=O)/C(=N\OC(C)(C)C(=O)OC(C)(C)C)c4csc(NC(=O)OC(C)(C)C)n4)C(=O)N3S(=O)(=O)O)s2)cn1CCCNC(=O)OC(C)(C)C. The highest BCUT2D eigenvalue weighted by atomic mass is 32.2. The van der Waals surface area contributed by atoms with Crippen molar-refractivity contribution >= 4 is 79.7 Å². The molecule has 1 fully saturated rings. The Balaban J connectivity index is 1.49. The molecular formula is C38H55N10O13S3+. The molecule has 352 valence electrons. The molecule has 0 bridgehead atoms. The minimum absolute atomic E-state index is 0.0311. The number of anilines is 1. The lowest BCUT2D eigenvalue weighted by Gasteiger charge is -2.44. The van der Waals surface area contributed by atoms with E-state index in [0.717, 1.165) is 22.7 Å². The number of alkyl carbamates (subject to hydrolysis) is 1. The Kier molecular flexibility index (Phi) is 15.6. The first-order chi connectivity index (χ1) is 29.3. The second kappa shape index (κ2) is 19.6. The van der Waals surface area contributed by atoms with Crippen LogP contribution in [0.1, 0.15) is 97.9 Å². The summed E-state index contributed by atoms with van der Waals surface area (Å²) in [6, 6.07) is -3.17. The number of carbonyl (C=O) groups excluding carboxylic acids is 6. The minimum atomic E-state index is -5.18.